The maximum Gasteiger partial charge on any atom is 0.333 e. The molecule has 1 heterocycles. The van der Waals surface area contributed by atoms with Crippen molar-refractivity contribution in [2.24, 2.45) is 0 Å². The van der Waals surface area contributed by atoms with Crippen LogP contribution in [0.2, 0.25) is 0 Å². The Kier molecular flexibility index (Phi) is 4.40. The van der Waals surface area contributed by atoms with E-state index in [0.717, 1.165) is 12.8 Å². The normalized spacial score (nSPS) is 29.8. The van der Waals surface area contributed by atoms with Gasteiger partial charge in [0.05, 0.1) is 18.8 Å². The lowest BCUT2D eigenvalue weighted by molar-refractivity contribution is -0.138. The molecule has 0 aromatic heterocycles. The Labute approximate surface area is 108 Å². The van der Waals surface area contributed by atoms with Crippen LogP contribution in [0.4, 0.5) is 0 Å². The summed E-state index contributed by atoms with van der Waals surface area (Å²) in [5.41, 5.74) is 0.701. The van der Waals surface area contributed by atoms with Gasteiger partial charge in [-0.15, -0.1) is 0 Å². The monoisotopic (exact) mass is 254 g/mol. The summed E-state index contributed by atoms with van der Waals surface area (Å²) in [5, 5.41) is 0. The van der Waals surface area contributed by atoms with Gasteiger partial charge in [0, 0.05) is 12.0 Å². The van der Waals surface area contributed by atoms with Crippen LogP contribution in [0, 0.1) is 0 Å². The molecule has 3 atom stereocenters. The fourth-order valence-electron chi connectivity index (χ4n) is 2.38. The second kappa shape index (κ2) is 5.85. The SMILES string of the molecule is CCOC(=O)C1=C[C@@H](OC(CC)CC)[C@H]2OC2C1. The summed E-state index contributed by atoms with van der Waals surface area (Å²) < 4.78 is 16.6. The third-order valence-corrected chi connectivity index (χ3v) is 3.53. The van der Waals surface area contributed by atoms with Crippen LogP contribution >= 0.6 is 0 Å². The molecular weight excluding hydrogens is 232 g/mol. The highest BCUT2D eigenvalue weighted by Crippen LogP contribution is 2.38. The maximum absolute atomic E-state index is 11.7. The highest BCUT2D eigenvalue weighted by Gasteiger charge is 2.49. The second-order valence-corrected chi connectivity index (χ2v) is 4.79. The van der Waals surface area contributed by atoms with Crippen LogP contribution in [-0.4, -0.2) is 37.0 Å². The Bertz CT molecular complexity index is 333. The first-order valence-electron chi connectivity index (χ1n) is 6.88. The molecule has 0 aromatic rings. The molecule has 102 valence electrons. The van der Waals surface area contributed by atoms with Crippen LogP contribution in [0.15, 0.2) is 11.6 Å². The van der Waals surface area contributed by atoms with E-state index in [4.69, 9.17) is 14.2 Å². The molecule has 1 saturated heterocycles. The van der Waals surface area contributed by atoms with Gasteiger partial charge < -0.3 is 14.2 Å². The number of hydrogen-bond acceptors (Lipinski definition) is 4. The van der Waals surface area contributed by atoms with E-state index in [-0.39, 0.29) is 30.4 Å². The molecule has 2 aliphatic rings. The van der Waals surface area contributed by atoms with Crippen LogP contribution in [0.3, 0.4) is 0 Å². The fourth-order valence-corrected chi connectivity index (χ4v) is 2.38. The van der Waals surface area contributed by atoms with E-state index in [1.807, 2.05) is 13.0 Å². The standard InChI is InChI=1S/C14H22O4/c1-4-10(5-2)17-11-7-9(14(15)16-6-3)8-12-13(11)18-12/h7,10-13H,4-6,8H2,1-3H3/t11-,12?,13-/m1/s1. The molecule has 0 N–H and O–H groups in total. The largest absolute Gasteiger partial charge is 0.463 e. The predicted octanol–water partition coefficient (Wildman–Crippen LogP) is 2.22. The fraction of sp³-hybridized carbons (Fsp3) is 0.786. The van der Waals surface area contributed by atoms with Crippen molar-refractivity contribution in [3.63, 3.8) is 0 Å². The van der Waals surface area contributed by atoms with Crippen molar-refractivity contribution < 1.29 is 19.0 Å². The minimum atomic E-state index is -0.232. The maximum atomic E-state index is 11.7. The molecule has 1 aliphatic carbocycles. The number of carbonyl (C=O) groups is 1. The van der Waals surface area contributed by atoms with E-state index in [1.54, 1.807) is 0 Å². The number of hydrogen-bond donors (Lipinski definition) is 0. The summed E-state index contributed by atoms with van der Waals surface area (Å²) in [6.07, 6.45) is 4.94. The highest BCUT2D eigenvalue weighted by atomic mass is 16.6. The topological polar surface area (TPSA) is 48.1 Å². The molecule has 1 fully saturated rings. The van der Waals surface area contributed by atoms with Crippen LogP contribution in [0.5, 0.6) is 0 Å². The van der Waals surface area contributed by atoms with Gasteiger partial charge in [-0.05, 0) is 25.8 Å². The van der Waals surface area contributed by atoms with Crippen molar-refractivity contribution >= 4 is 5.97 Å². The van der Waals surface area contributed by atoms with Gasteiger partial charge in [0.25, 0.3) is 0 Å². The first kappa shape index (κ1) is 13.6. The molecule has 4 nitrogen and oxygen atoms in total. The van der Waals surface area contributed by atoms with Gasteiger partial charge >= 0.3 is 5.97 Å². The van der Waals surface area contributed by atoms with Gasteiger partial charge in [-0.1, -0.05) is 13.8 Å². The number of esters is 1. The van der Waals surface area contributed by atoms with Crippen molar-refractivity contribution in [3.8, 4) is 0 Å². The molecule has 0 aromatic carbocycles. The number of rotatable bonds is 6. The molecule has 1 unspecified atom stereocenters. The van der Waals surface area contributed by atoms with Crippen molar-refractivity contribution in [2.75, 3.05) is 6.61 Å². The smallest absolute Gasteiger partial charge is 0.333 e. The molecule has 0 spiro atoms. The number of epoxide rings is 1. The van der Waals surface area contributed by atoms with Crippen LogP contribution < -0.4 is 0 Å². The lowest BCUT2D eigenvalue weighted by Gasteiger charge is -2.22. The molecule has 0 saturated carbocycles. The molecule has 0 amide bonds. The molecule has 1 aliphatic heterocycles. The van der Waals surface area contributed by atoms with Crippen LogP contribution in [-0.2, 0) is 19.0 Å². The molecule has 0 radical (unpaired) electrons. The molecule has 18 heavy (non-hydrogen) atoms. The van der Waals surface area contributed by atoms with E-state index >= 15 is 0 Å². The first-order valence-corrected chi connectivity index (χ1v) is 6.88. The summed E-state index contributed by atoms with van der Waals surface area (Å²) in [6.45, 7) is 6.44. The van der Waals surface area contributed by atoms with E-state index in [0.29, 0.717) is 18.6 Å². The zero-order chi connectivity index (χ0) is 13.1. The molecule has 4 heteroatoms. The van der Waals surface area contributed by atoms with Crippen molar-refractivity contribution in [1.82, 2.24) is 0 Å². The third kappa shape index (κ3) is 2.93. The Morgan fingerprint density at radius 1 is 1.44 bits per heavy atom. The first-order chi connectivity index (χ1) is 8.69. The van der Waals surface area contributed by atoms with Gasteiger partial charge in [-0.3, -0.25) is 0 Å². The summed E-state index contributed by atoms with van der Waals surface area (Å²) in [6, 6.07) is 0. The molecule has 2 rings (SSSR count). The Balaban J connectivity index is 2.00. The second-order valence-electron chi connectivity index (χ2n) is 4.79. The van der Waals surface area contributed by atoms with E-state index in [1.165, 1.54) is 0 Å². The van der Waals surface area contributed by atoms with Crippen molar-refractivity contribution in [2.45, 2.75) is 64.4 Å². The predicted molar refractivity (Wildman–Crippen MR) is 67.2 cm³/mol. The van der Waals surface area contributed by atoms with Gasteiger partial charge in [0.2, 0.25) is 0 Å². The quantitative estimate of drug-likeness (QED) is 0.538. The Morgan fingerprint density at radius 2 is 2.17 bits per heavy atom. The average Bonchev–Trinajstić information content (AvgIpc) is 3.15. The number of fused-ring (bicyclic) bond motifs is 1. The zero-order valence-corrected chi connectivity index (χ0v) is 11.3. The van der Waals surface area contributed by atoms with Crippen LogP contribution in [0.1, 0.15) is 40.0 Å². The van der Waals surface area contributed by atoms with Gasteiger partial charge in [0.15, 0.2) is 0 Å². The van der Waals surface area contributed by atoms with Gasteiger partial charge in [0.1, 0.15) is 12.2 Å². The zero-order valence-electron chi connectivity index (χ0n) is 11.3. The van der Waals surface area contributed by atoms with E-state index in [2.05, 4.69) is 13.8 Å². The summed E-state index contributed by atoms with van der Waals surface area (Å²) in [4.78, 5) is 11.7. The Morgan fingerprint density at radius 3 is 2.78 bits per heavy atom. The van der Waals surface area contributed by atoms with Crippen molar-refractivity contribution in [3.05, 3.63) is 11.6 Å². The minimum Gasteiger partial charge on any atom is -0.463 e. The molecular formula is C14H22O4. The van der Waals surface area contributed by atoms with E-state index in [9.17, 15) is 4.79 Å². The lowest BCUT2D eigenvalue weighted by atomic mass is 9.97. The van der Waals surface area contributed by atoms with Gasteiger partial charge in [-0.25, -0.2) is 4.79 Å². The van der Waals surface area contributed by atoms with Crippen LogP contribution in [0.25, 0.3) is 0 Å². The average molecular weight is 254 g/mol. The number of ether oxygens (including phenoxy) is 3. The summed E-state index contributed by atoms with van der Waals surface area (Å²) in [5.74, 6) is -0.232. The van der Waals surface area contributed by atoms with Gasteiger partial charge in [-0.2, -0.15) is 0 Å². The van der Waals surface area contributed by atoms with E-state index < -0.39 is 0 Å². The minimum absolute atomic E-state index is 0.0898. The summed E-state index contributed by atoms with van der Waals surface area (Å²) >= 11 is 0. The van der Waals surface area contributed by atoms with Crippen molar-refractivity contribution in [1.29, 1.82) is 0 Å². The third-order valence-electron chi connectivity index (χ3n) is 3.53. The lowest BCUT2D eigenvalue weighted by Crippen LogP contribution is -2.30. The summed E-state index contributed by atoms with van der Waals surface area (Å²) in [7, 11) is 0. The highest BCUT2D eigenvalue weighted by molar-refractivity contribution is 5.89. The number of carbonyl (C=O) groups excluding carboxylic acids is 1. The molecule has 0 bridgehead atoms. The Hall–Kier alpha value is -0.870.